The molecule has 4 rings (SSSR count). The Labute approximate surface area is 129 Å². The summed E-state index contributed by atoms with van der Waals surface area (Å²) in [6.45, 7) is 5.17. The molecular formula is C17H22N2OS. The van der Waals surface area contributed by atoms with Gasteiger partial charge in [-0.2, -0.15) is 0 Å². The third-order valence-electron chi connectivity index (χ3n) is 4.65. The molecule has 2 heterocycles. The van der Waals surface area contributed by atoms with Crippen molar-refractivity contribution < 1.29 is 4.42 Å². The summed E-state index contributed by atoms with van der Waals surface area (Å²) in [5, 5.41) is 7.04. The van der Waals surface area contributed by atoms with Crippen LogP contribution in [0.4, 0.5) is 0 Å². The van der Waals surface area contributed by atoms with Gasteiger partial charge >= 0.3 is 0 Å². The standard InChI is InChI=1S/C17H22N2OS/c1-10-7-14(10)15-6-5-13(20-15)8-18-16(12-3-4-12)17-19-11(2)9-21-17/h5-6,9-10,12,14,16,18H,3-4,7-8H2,1-2H3/t10-,14-,16-/m1/s1. The molecule has 0 aliphatic heterocycles. The second-order valence-electron chi connectivity index (χ2n) is 6.65. The van der Waals surface area contributed by atoms with Crippen LogP contribution in [0.3, 0.4) is 0 Å². The molecule has 0 bridgehead atoms. The molecular weight excluding hydrogens is 280 g/mol. The lowest BCUT2D eigenvalue weighted by molar-refractivity contribution is 0.407. The SMILES string of the molecule is Cc1csc([C@H](NCc2ccc([C@@H]3C[C@H]3C)o2)C2CC2)n1. The van der Waals surface area contributed by atoms with E-state index in [0.717, 1.165) is 29.8 Å². The molecule has 2 aliphatic rings. The maximum Gasteiger partial charge on any atom is 0.117 e. The van der Waals surface area contributed by atoms with E-state index in [-0.39, 0.29) is 0 Å². The molecule has 0 saturated heterocycles. The molecule has 3 atom stereocenters. The lowest BCUT2D eigenvalue weighted by Gasteiger charge is -2.14. The minimum Gasteiger partial charge on any atom is -0.464 e. The van der Waals surface area contributed by atoms with Gasteiger partial charge in [0.15, 0.2) is 0 Å². The molecule has 0 unspecified atom stereocenters. The summed E-state index contributed by atoms with van der Waals surface area (Å²) in [5.41, 5.74) is 1.13. The van der Waals surface area contributed by atoms with E-state index in [2.05, 4.69) is 41.7 Å². The van der Waals surface area contributed by atoms with Crippen LogP contribution in [0.1, 0.15) is 60.4 Å². The molecule has 21 heavy (non-hydrogen) atoms. The van der Waals surface area contributed by atoms with Crippen molar-refractivity contribution in [2.75, 3.05) is 0 Å². The third-order valence-corrected chi connectivity index (χ3v) is 5.70. The Morgan fingerprint density at radius 1 is 1.43 bits per heavy atom. The van der Waals surface area contributed by atoms with Gasteiger partial charge in [-0.05, 0) is 50.2 Å². The number of rotatable bonds is 6. The van der Waals surface area contributed by atoms with Crippen molar-refractivity contribution in [3.8, 4) is 0 Å². The number of aryl methyl sites for hydroxylation is 1. The Hall–Kier alpha value is -1.13. The Kier molecular flexibility index (Phi) is 3.38. The maximum atomic E-state index is 5.99. The molecule has 2 aromatic heterocycles. The van der Waals surface area contributed by atoms with E-state index in [4.69, 9.17) is 4.42 Å². The molecule has 2 saturated carbocycles. The predicted octanol–water partition coefficient (Wildman–Crippen LogP) is 4.41. The lowest BCUT2D eigenvalue weighted by Crippen LogP contribution is -2.22. The zero-order chi connectivity index (χ0) is 14.4. The first-order valence-corrected chi connectivity index (χ1v) is 8.82. The second kappa shape index (κ2) is 5.25. The number of hydrogen-bond acceptors (Lipinski definition) is 4. The Morgan fingerprint density at radius 2 is 2.24 bits per heavy atom. The van der Waals surface area contributed by atoms with Gasteiger partial charge in [0.25, 0.3) is 0 Å². The third kappa shape index (κ3) is 2.92. The van der Waals surface area contributed by atoms with Crippen LogP contribution in [-0.2, 0) is 6.54 Å². The van der Waals surface area contributed by atoms with Crippen molar-refractivity contribution in [2.24, 2.45) is 11.8 Å². The highest BCUT2D eigenvalue weighted by atomic mass is 32.1. The lowest BCUT2D eigenvalue weighted by atomic mass is 10.2. The fraction of sp³-hybridized carbons (Fsp3) is 0.588. The van der Waals surface area contributed by atoms with Crippen LogP contribution in [0.25, 0.3) is 0 Å². The maximum absolute atomic E-state index is 5.99. The zero-order valence-corrected chi connectivity index (χ0v) is 13.5. The average molecular weight is 302 g/mol. The normalized spacial score (nSPS) is 26.0. The van der Waals surface area contributed by atoms with E-state index >= 15 is 0 Å². The minimum absolute atomic E-state index is 0.400. The van der Waals surface area contributed by atoms with Gasteiger partial charge in [-0.25, -0.2) is 4.98 Å². The molecule has 3 nitrogen and oxygen atoms in total. The van der Waals surface area contributed by atoms with Crippen molar-refractivity contribution >= 4 is 11.3 Å². The van der Waals surface area contributed by atoms with Gasteiger partial charge in [-0.15, -0.1) is 11.3 Å². The minimum atomic E-state index is 0.400. The average Bonchev–Trinajstić information content (AvgIpc) is 3.33. The number of nitrogens with one attached hydrogen (secondary N) is 1. The first kappa shape index (κ1) is 13.5. The molecule has 112 valence electrons. The fourth-order valence-corrected chi connectivity index (χ4v) is 3.98. The molecule has 0 amide bonds. The van der Waals surface area contributed by atoms with Gasteiger partial charge in [0.05, 0.1) is 12.6 Å². The number of nitrogens with zero attached hydrogens (tertiary/aromatic N) is 1. The van der Waals surface area contributed by atoms with E-state index in [0.29, 0.717) is 12.0 Å². The van der Waals surface area contributed by atoms with E-state index in [1.807, 2.05) is 0 Å². The van der Waals surface area contributed by atoms with Crippen LogP contribution < -0.4 is 5.32 Å². The largest absolute Gasteiger partial charge is 0.464 e. The van der Waals surface area contributed by atoms with Crippen molar-refractivity contribution in [3.05, 3.63) is 39.7 Å². The van der Waals surface area contributed by atoms with Crippen LogP contribution >= 0.6 is 11.3 Å². The van der Waals surface area contributed by atoms with Crippen LogP contribution in [0.15, 0.2) is 21.9 Å². The number of hydrogen-bond donors (Lipinski definition) is 1. The summed E-state index contributed by atoms with van der Waals surface area (Å²) in [6, 6.07) is 4.69. The topological polar surface area (TPSA) is 38.1 Å². The molecule has 1 N–H and O–H groups in total. The van der Waals surface area contributed by atoms with Gasteiger partial charge < -0.3 is 9.73 Å². The van der Waals surface area contributed by atoms with Gasteiger partial charge in [-0.3, -0.25) is 0 Å². The first-order chi connectivity index (χ1) is 10.2. The van der Waals surface area contributed by atoms with Crippen LogP contribution in [0.2, 0.25) is 0 Å². The quantitative estimate of drug-likeness (QED) is 0.859. The van der Waals surface area contributed by atoms with Crippen molar-refractivity contribution in [3.63, 3.8) is 0 Å². The zero-order valence-electron chi connectivity index (χ0n) is 12.6. The van der Waals surface area contributed by atoms with Gasteiger partial charge in [0.1, 0.15) is 16.5 Å². The summed E-state index contributed by atoms with van der Waals surface area (Å²) >= 11 is 1.78. The monoisotopic (exact) mass is 302 g/mol. The Bertz CT molecular complexity index is 628. The highest BCUT2D eigenvalue weighted by Crippen LogP contribution is 2.47. The van der Waals surface area contributed by atoms with E-state index in [1.54, 1.807) is 11.3 Å². The van der Waals surface area contributed by atoms with Crippen molar-refractivity contribution in [2.45, 2.75) is 51.6 Å². The van der Waals surface area contributed by atoms with E-state index in [1.165, 1.54) is 30.0 Å². The van der Waals surface area contributed by atoms with E-state index < -0.39 is 0 Å². The molecule has 0 radical (unpaired) electrons. The molecule has 0 spiro atoms. The first-order valence-electron chi connectivity index (χ1n) is 7.94. The molecule has 2 aliphatic carbocycles. The highest BCUT2D eigenvalue weighted by molar-refractivity contribution is 7.09. The smallest absolute Gasteiger partial charge is 0.117 e. The van der Waals surface area contributed by atoms with Crippen molar-refractivity contribution in [1.82, 2.24) is 10.3 Å². The highest BCUT2D eigenvalue weighted by Gasteiger charge is 2.37. The summed E-state index contributed by atoms with van der Waals surface area (Å²) in [5.74, 6) is 4.46. The van der Waals surface area contributed by atoms with Crippen LogP contribution in [-0.4, -0.2) is 4.98 Å². The van der Waals surface area contributed by atoms with Gasteiger partial charge in [0.2, 0.25) is 0 Å². The number of thiazole rings is 1. The summed E-state index contributed by atoms with van der Waals surface area (Å²) in [4.78, 5) is 4.66. The predicted molar refractivity (Wildman–Crippen MR) is 84.4 cm³/mol. The summed E-state index contributed by atoms with van der Waals surface area (Å²) in [6.07, 6.45) is 3.92. The second-order valence-corrected chi connectivity index (χ2v) is 7.54. The molecule has 2 aromatic rings. The molecule has 2 fully saturated rings. The van der Waals surface area contributed by atoms with Crippen LogP contribution in [0, 0.1) is 18.8 Å². The number of furan rings is 1. The van der Waals surface area contributed by atoms with Crippen molar-refractivity contribution in [1.29, 1.82) is 0 Å². The van der Waals surface area contributed by atoms with Gasteiger partial charge in [0, 0.05) is 17.0 Å². The molecule has 4 heteroatoms. The Morgan fingerprint density at radius 3 is 2.86 bits per heavy atom. The number of aromatic nitrogens is 1. The van der Waals surface area contributed by atoms with E-state index in [9.17, 15) is 0 Å². The summed E-state index contributed by atoms with van der Waals surface area (Å²) in [7, 11) is 0. The van der Waals surface area contributed by atoms with Crippen LogP contribution in [0.5, 0.6) is 0 Å². The summed E-state index contributed by atoms with van der Waals surface area (Å²) < 4.78 is 5.99. The van der Waals surface area contributed by atoms with Gasteiger partial charge in [-0.1, -0.05) is 6.92 Å². The fourth-order valence-electron chi connectivity index (χ4n) is 3.02. The molecule has 0 aromatic carbocycles. The Balaban J connectivity index is 1.41.